The molecule has 0 bridgehead atoms. The summed E-state index contributed by atoms with van der Waals surface area (Å²) in [4.78, 5) is 16.1. The molecule has 1 saturated heterocycles. The minimum atomic E-state index is -2.66. The number of carbonyl (C=O) groups is 1. The fourth-order valence-corrected chi connectivity index (χ4v) is 7.52. The highest BCUT2D eigenvalue weighted by molar-refractivity contribution is 6.09. The van der Waals surface area contributed by atoms with Crippen molar-refractivity contribution < 1.29 is 13.6 Å². The van der Waals surface area contributed by atoms with Gasteiger partial charge in [-0.25, -0.2) is 8.78 Å². The number of halogens is 2. The zero-order valence-corrected chi connectivity index (χ0v) is 24.8. The normalized spacial score (nSPS) is 21.2. The number of nitrogens with zero attached hydrogens (tertiary/aromatic N) is 4. The van der Waals surface area contributed by atoms with Crippen molar-refractivity contribution >= 4 is 17.4 Å². The molecule has 3 aliphatic heterocycles. The number of anilines is 1. The molecule has 226 valence electrons. The Morgan fingerprint density at radius 1 is 1.14 bits per heavy atom. The van der Waals surface area contributed by atoms with Crippen molar-refractivity contribution in [2.24, 2.45) is 12.5 Å². The molecule has 1 aliphatic carbocycles. The number of nitrogens with one attached hydrogen (secondary N) is 3. The van der Waals surface area contributed by atoms with E-state index >= 15 is 0 Å². The predicted molar refractivity (Wildman–Crippen MR) is 161 cm³/mol. The third kappa shape index (κ3) is 5.70. The highest BCUT2D eigenvalue weighted by Crippen LogP contribution is 2.44. The molecule has 2 fully saturated rings. The van der Waals surface area contributed by atoms with Crippen LogP contribution in [0.25, 0.3) is 11.1 Å². The van der Waals surface area contributed by atoms with Crippen LogP contribution in [0.4, 0.5) is 14.5 Å². The summed E-state index contributed by atoms with van der Waals surface area (Å²) in [7, 11) is 1.78. The van der Waals surface area contributed by atoms with E-state index in [-0.39, 0.29) is 11.5 Å². The van der Waals surface area contributed by atoms with Crippen LogP contribution < -0.4 is 15.5 Å². The maximum absolute atomic E-state index is 14.4. The van der Waals surface area contributed by atoms with Crippen LogP contribution >= 0.6 is 0 Å². The fourth-order valence-electron chi connectivity index (χ4n) is 7.52. The Morgan fingerprint density at radius 2 is 1.90 bits per heavy atom. The number of hydrogen-bond donors (Lipinski definition) is 3. The van der Waals surface area contributed by atoms with Crippen LogP contribution in [0, 0.1) is 10.8 Å². The molecule has 1 aromatic heterocycles. The maximum atomic E-state index is 14.4. The first-order chi connectivity index (χ1) is 20.2. The van der Waals surface area contributed by atoms with Gasteiger partial charge >= 0.3 is 0 Å². The van der Waals surface area contributed by atoms with Gasteiger partial charge in [-0.05, 0) is 93.1 Å². The van der Waals surface area contributed by atoms with Gasteiger partial charge in [0.1, 0.15) is 5.84 Å². The quantitative estimate of drug-likeness (QED) is 0.336. The highest BCUT2D eigenvalue weighted by atomic mass is 19.3. The molecule has 10 heteroatoms. The lowest BCUT2D eigenvalue weighted by Crippen LogP contribution is -2.47. The van der Waals surface area contributed by atoms with Crippen LogP contribution in [0.3, 0.4) is 0 Å². The molecule has 1 amide bonds. The van der Waals surface area contributed by atoms with Gasteiger partial charge in [-0.15, -0.1) is 0 Å². The van der Waals surface area contributed by atoms with E-state index < -0.39 is 6.43 Å². The largest absolute Gasteiger partial charge is 0.385 e. The molecular weight excluding hydrogens is 536 g/mol. The summed E-state index contributed by atoms with van der Waals surface area (Å²) in [6, 6.07) is 3.80. The van der Waals surface area contributed by atoms with Gasteiger partial charge in [0.2, 0.25) is 5.91 Å². The van der Waals surface area contributed by atoms with Crippen molar-refractivity contribution in [1.29, 1.82) is 5.41 Å². The summed E-state index contributed by atoms with van der Waals surface area (Å²) >= 11 is 0. The molecule has 2 aromatic rings. The Hall–Kier alpha value is -3.27. The molecule has 0 unspecified atom stereocenters. The summed E-state index contributed by atoms with van der Waals surface area (Å²) in [5, 5.41) is 20.9. The molecule has 0 radical (unpaired) electrons. The minimum absolute atomic E-state index is 0.00925. The maximum Gasteiger partial charge on any atom is 0.264 e. The van der Waals surface area contributed by atoms with E-state index in [9.17, 15) is 19.0 Å². The highest BCUT2D eigenvalue weighted by Gasteiger charge is 2.37. The summed E-state index contributed by atoms with van der Waals surface area (Å²) < 4.78 is 30.4. The van der Waals surface area contributed by atoms with Gasteiger partial charge in [-0.3, -0.25) is 14.9 Å². The van der Waals surface area contributed by atoms with Crippen LogP contribution in [-0.2, 0) is 18.3 Å². The third-order valence-corrected chi connectivity index (χ3v) is 10.1. The number of carbonyl (C=O) groups excluding carboxylic acids is 1. The number of alkyl halides is 2. The van der Waals surface area contributed by atoms with Crippen LogP contribution in [0.2, 0.25) is 0 Å². The molecule has 4 aliphatic rings. The molecule has 0 atom stereocenters. The molecule has 1 saturated carbocycles. The lowest BCUT2D eigenvalue weighted by Gasteiger charge is -2.44. The number of amides is 1. The lowest BCUT2D eigenvalue weighted by atomic mass is 9.67. The van der Waals surface area contributed by atoms with Crippen molar-refractivity contribution in [3.8, 4) is 11.1 Å². The van der Waals surface area contributed by atoms with Crippen LogP contribution in [-0.4, -0.2) is 65.2 Å². The molecule has 4 heterocycles. The molecule has 1 aromatic carbocycles. The van der Waals surface area contributed by atoms with Gasteiger partial charge in [0.05, 0.1) is 12.7 Å². The minimum Gasteiger partial charge on any atom is -0.385 e. The first-order valence-electron chi connectivity index (χ1n) is 15.5. The van der Waals surface area contributed by atoms with Gasteiger partial charge in [-0.2, -0.15) is 5.10 Å². The number of rotatable bonds is 5. The van der Waals surface area contributed by atoms with E-state index in [1.165, 1.54) is 25.7 Å². The number of aromatic nitrogens is 2. The van der Waals surface area contributed by atoms with Crippen molar-refractivity contribution in [1.82, 2.24) is 25.3 Å². The van der Waals surface area contributed by atoms with E-state index in [0.29, 0.717) is 60.2 Å². The topological polar surface area (TPSA) is 89.3 Å². The van der Waals surface area contributed by atoms with Crippen molar-refractivity contribution in [3.63, 3.8) is 0 Å². The summed E-state index contributed by atoms with van der Waals surface area (Å²) in [5.41, 5.74) is 5.07. The van der Waals surface area contributed by atoms with E-state index in [1.54, 1.807) is 42.0 Å². The summed E-state index contributed by atoms with van der Waals surface area (Å²) in [5.74, 6) is 0.300. The molecule has 42 heavy (non-hydrogen) atoms. The first-order valence-corrected chi connectivity index (χ1v) is 15.5. The number of hydrogen-bond acceptors (Lipinski definition) is 5. The van der Waals surface area contributed by atoms with Crippen molar-refractivity contribution in [2.75, 3.05) is 37.6 Å². The Labute approximate surface area is 247 Å². The third-order valence-electron chi connectivity index (χ3n) is 10.1. The Balaban J connectivity index is 1.29. The van der Waals surface area contributed by atoms with Gasteiger partial charge in [0.15, 0.2) is 0 Å². The molecule has 6 rings (SSSR count). The van der Waals surface area contributed by atoms with Crippen LogP contribution in [0.15, 0.2) is 35.8 Å². The zero-order chi connectivity index (χ0) is 29.4. The summed E-state index contributed by atoms with van der Waals surface area (Å²) in [6.45, 7) is 5.36. The van der Waals surface area contributed by atoms with Crippen LogP contribution in [0.5, 0.6) is 0 Å². The Kier molecular flexibility index (Phi) is 8.09. The zero-order valence-electron chi connectivity index (χ0n) is 24.8. The van der Waals surface area contributed by atoms with Gasteiger partial charge in [0.25, 0.3) is 6.43 Å². The second kappa shape index (κ2) is 11.8. The SMILES string of the molecule is CC(=O)N1CCC(NC2CCC3(CCNCC3)CC2)=C(C(=N)N2CCCc3cc(-c4cnn(C)c4)c(C(F)F)cc32)C1. The first kappa shape index (κ1) is 28.8. The molecule has 1 spiro atoms. The standard InChI is InChI=1S/C32H43F2N7O/c1-21(42)40-15-7-28(38-24-5-8-32(9-6-24)10-12-36-13-11-32)27(20-40)31(35)41-14-3-4-22-16-25(23-18-37-39(2)19-23)26(30(33)34)17-29(22)41/h16-19,24,30,35-36,38H,3-15,20H2,1-2H3. The van der Waals surface area contributed by atoms with Crippen LogP contribution in [0.1, 0.15) is 75.8 Å². The number of fused-ring (bicyclic) bond motifs is 1. The van der Waals surface area contributed by atoms with Crippen molar-refractivity contribution in [2.45, 2.75) is 77.2 Å². The van der Waals surface area contributed by atoms with E-state index in [0.717, 1.165) is 55.6 Å². The Morgan fingerprint density at radius 3 is 2.57 bits per heavy atom. The number of piperidine rings is 1. The number of aryl methyl sites for hydroxylation is 2. The Bertz CT molecular complexity index is 1370. The van der Waals surface area contributed by atoms with Gasteiger partial charge in [-0.1, -0.05) is 0 Å². The van der Waals surface area contributed by atoms with E-state index in [4.69, 9.17) is 0 Å². The number of amidine groups is 1. The lowest BCUT2D eigenvalue weighted by molar-refractivity contribution is -0.128. The van der Waals surface area contributed by atoms with E-state index in [1.807, 2.05) is 11.0 Å². The average Bonchev–Trinajstić information content (AvgIpc) is 3.43. The number of benzene rings is 1. The fraction of sp³-hybridized carbons (Fsp3) is 0.594. The summed E-state index contributed by atoms with van der Waals surface area (Å²) in [6.07, 6.45) is 10.2. The molecular formula is C32H43F2N7O. The van der Waals surface area contributed by atoms with Gasteiger partial charge < -0.3 is 20.4 Å². The molecule has 8 nitrogen and oxygen atoms in total. The van der Waals surface area contributed by atoms with Gasteiger partial charge in [0, 0.05) is 73.8 Å². The second-order valence-electron chi connectivity index (χ2n) is 12.7. The monoisotopic (exact) mass is 579 g/mol. The van der Waals surface area contributed by atoms with Crippen molar-refractivity contribution in [3.05, 3.63) is 46.9 Å². The molecule has 3 N–H and O–H groups in total. The van der Waals surface area contributed by atoms with E-state index in [2.05, 4.69) is 15.7 Å². The second-order valence-corrected chi connectivity index (χ2v) is 12.7. The smallest absolute Gasteiger partial charge is 0.264 e. The predicted octanol–water partition coefficient (Wildman–Crippen LogP) is 5.16. The average molecular weight is 580 g/mol.